The molecule has 0 amide bonds. The molecule has 1 aromatic rings. The van der Waals surface area contributed by atoms with Gasteiger partial charge in [-0.3, -0.25) is 4.99 Å². The average molecular weight is 503 g/mol. The van der Waals surface area contributed by atoms with E-state index in [2.05, 4.69) is 36.6 Å². The number of aliphatic imine (C=N–C) groups is 1. The van der Waals surface area contributed by atoms with Gasteiger partial charge < -0.3 is 20.5 Å². The first-order valence-electron chi connectivity index (χ1n) is 10.4. The number of guanidine groups is 1. The molecule has 1 fully saturated rings. The van der Waals surface area contributed by atoms with Crippen LogP contribution >= 0.6 is 24.0 Å². The third-order valence-corrected chi connectivity index (χ3v) is 5.60. The van der Waals surface area contributed by atoms with Crippen molar-refractivity contribution < 1.29 is 9.84 Å². The van der Waals surface area contributed by atoms with Gasteiger partial charge in [0.25, 0.3) is 0 Å². The van der Waals surface area contributed by atoms with Gasteiger partial charge in [-0.15, -0.1) is 24.0 Å². The normalized spacial score (nSPS) is 16.2. The van der Waals surface area contributed by atoms with E-state index >= 15 is 0 Å². The number of halogens is 1. The summed E-state index contributed by atoms with van der Waals surface area (Å²) in [5.74, 6) is 1.81. The maximum absolute atomic E-state index is 9.50. The van der Waals surface area contributed by atoms with Gasteiger partial charge >= 0.3 is 0 Å². The molecule has 1 saturated carbocycles. The molecule has 0 saturated heterocycles. The minimum absolute atomic E-state index is 0. The average Bonchev–Trinajstić information content (AvgIpc) is 2.67. The number of nitrogens with one attached hydrogen (secondary N) is 2. The molecule has 28 heavy (non-hydrogen) atoms. The molecule has 3 N–H and O–H groups in total. The zero-order chi connectivity index (χ0) is 19.5. The van der Waals surface area contributed by atoms with Crippen molar-refractivity contribution in [1.82, 2.24) is 10.6 Å². The van der Waals surface area contributed by atoms with Gasteiger partial charge in [-0.1, -0.05) is 37.0 Å². The molecule has 0 unspecified atom stereocenters. The maximum atomic E-state index is 9.50. The second-order valence-electron chi connectivity index (χ2n) is 7.72. The zero-order valence-corrected chi connectivity index (χ0v) is 20.1. The number of aryl methyl sites for hydroxylation is 1. The fourth-order valence-corrected chi connectivity index (χ4v) is 4.03. The molecule has 6 heteroatoms. The molecule has 1 aromatic carbocycles. The Balaban J connectivity index is 0.00000392. The fraction of sp³-hybridized carbons (Fsp3) is 0.682. The molecular weight excluding hydrogens is 465 g/mol. The summed E-state index contributed by atoms with van der Waals surface area (Å²) >= 11 is 0. The summed E-state index contributed by atoms with van der Waals surface area (Å²) in [6.07, 6.45) is 7.92. The van der Waals surface area contributed by atoms with Gasteiger partial charge in [-0.25, -0.2) is 0 Å². The van der Waals surface area contributed by atoms with Gasteiger partial charge in [0.2, 0.25) is 0 Å². The van der Waals surface area contributed by atoms with Crippen molar-refractivity contribution in [3.8, 4) is 5.75 Å². The number of benzene rings is 1. The van der Waals surface area contributed by atoms with Crippen LogP contribution in [0.5, 0.6) is 5.75 Å². The molecule has 0 atom stereocenters. The van der Waals surface area contributed by atoms with E-state index in [-0.39, 0.29) is 36.0 Å². The highest BCUT2D eigenvalue weighted by molar-refractivity contribution is 14.0. The third kappa shape index (κ3) is 7.78. The Labute approximate surface area is 187 Å². The van der Waals surface area contributed by atoms with Gasteiger partial charge in [-0.05, 0) is 56.6 Å². The maximum Gasteiger partial charge on any atom is 0.191 e. The lowest BCUT2D eigenvalue weighted by molar-refractivity contribution is 0.137. The number of aliphatic hydroxyl groups is 1. The van der Waals surface area contributed by atoms with Crippen LogP contribution in [0.2, 0.25) is 0 Å². The summed E-state index contributed by atoms with van der Waals surface area (Å²) in [6.45, 7) is 6.88. The second kappa shape index (κ2) is 13.2. The van der Waals surface area contributed by atoms with Crippen molar-refractivity contribution in [3.63, 3.8) is 0 Å². The van der Waals surface area contributed by atoms with Crippen molar-refractivity contribution in [3.05, 3.63) is 29.3 Å². The van der Waals surface area contributed by atoms with Gasteiger partial charge in [0.15, 0.2) is 5.96 Å². The van der Waals surface area contributed by atoms with Crippen LogP contribution in [-0.4, -0.2) is 44.4 Å². The molecule has 2 rings (SSSR count). The Hall–Kier alpha value is -1.02. The molecular formula is C22H38IN3O2. The lowest BCUT2D eigenvalue weighted by atomic mass is 9.72. The fourth-order valence-electron chi connectivity index (χ4n) is 4.03. The van der Waals surface area contributed by atoms with Gasteiger partial charge in [-0.2, -0.15) is 0 Å². The van der Waals surface area contributed by atoms with Crippen molar-refractivity contribution >= 4 is 29.9 Å². The molecule has 0 bridgehead atoms. The Bertz CT molecular complexity index is 596. The molecule has 0 spiro atoms. The predicted octanol–water partition coefficient (Wildman–Crippen LogP) is 4.05. The quantitative estimate of drug-likeness (QED) is 0.270. The number of methoxy groups -OCH3 is 1. The zero-order valence-electron chi connectivity index (χ0n) is 17.7. The van der Waals surface area contributed by atoms with Crippen LogP contribution in [0.4, 0.5) is 0 Å². The van der Waals surface area contributed by atoms with Crippen molar-refractivity contribution in [2.24, 2.45) is 10.4 Å². The first-order valence-corrected chi connectivity index (χ1v) is 10.4. The van der Waals surface area contributed by atoms with Crippen molar-refractivity contribution in [1.29, 1.82) is 0 Å². The highest BCUT2D eigenvalue weighted by atomic mass is 127. The van der Waals surface area contributed by atoms with E-state index in [0.29, 0.717) is 0 Å². The van der Waals surface area contributed by atoms with Crippen LogP contribution in [0.25, 0.3) is 0 Å². The summed E-state index contributed by atoms with van der Waals surface area (Å²) in [5, 5.41) is 16.3. The van der Waals surface area contributed by atoms with Crippen molar-refractivity contribution in [2.45, 2.75) is 58.8 Å². The molecule has 0 heterocycles. The summed E-state index contributed by atoms with van der Waals surface area (Å²) in [6, 6.07) is 6.29. The lowest BCUT2D eigenvalue weighted by Gasteiger charge is -2.35. The van der Waals surface area contributed by atoms with E-state index in [4.69, 9.17) is 9.73 Å². The Morgan fingerprint density at radius 1 is 1.21 bits per heavy atom. The molecule has 0 aliphatic heterocycles. The highest BCUT2D eigenvalue weighted by Gasteiger charge is 2.31. The second-order valence-corrected chi connectivity index (χ2v) is 7.72. The number of rotatable bonds is 9. The molecule has 5 nitrogen and oxygen atoms in total. The monoisotopic (exact) mass is 503 g/mol. The SMILES string of the molecule is CCNC(=NCC1(CCO)CCCCC1)NCCc1cc(C)ccc1OC.I. The minimum Gasteiger partial charge on any atom is -0.496 e. The van der Waals surface area contributed by atoms with Gasteiger partial charge in [0, 0.05) is 26.2 Å². The van der Waals surface area contributed by atoms with Crippen LogP contribution in [0, 0.1) is 12.3 Å². The Morgan fingerprint density at radius 3 is 2.61 bits per heavy atom. The number of nitrogens with zero attached hydrogens (tertiary/aromatic N) is 1. The summed E-state index contributed by atoms with van der Waals surface area (Å²) in [7, 11) is 1.72. The van der Waals surface area contributed by atoms with Crippen LogP contribution < -0.4 is 15.4 Å². The minimum atomic E-state index is 0. The van der Waals surface area contributed by atoms with Gasteiger partial charge in [0.05, 0.1) is 7.11 Å². The molecule has 1 aliphatic carbocycles. The van der Waals surface area contributed by atoms with E-state index in [0.717, 1.165) is 44.2 Å². The number of aliphatic hydroxyl groups excluding tert-OH is 1. The van der Waals surface area contributed by atoms with Crippen molar-refractivity contribution in [2.75, 3.05) is 33.4 Å². The lowest BCUT2D eigenvalue weighted by Crippen LogP contribution is -2.40. The summed E-state index contributed by atoms with van der Waals surface area (Å²) in [4.78, 5) is 4.87. The van der Waals surface area contributed by atoms with E-state index in [9.17, 15) is 5.11 Å². The van der Waals surface area contributed by atoms with E-state index < -0.39 is 0 Å². The predicted molar refractivity (Wildman–Crippen MR) is 128 cm³/mol. The van der Waals surface area contributed by atoms with E-state index in [1.54, 1.807) is 7.11 Å². The molecule has 0 radical (unpaired) electrons. The molecule has 1 aliphatic rings. The van der Waals surface area contributed by atoms with Crippen LogP contribution in [0.15, 0.2) is 23.2 Å². The third-order valence-electron chi connectivity index (χ3n) is 5.60. The summed E-state index contributed by atoms with van der Waals surface area (Å²) in [5.41, 5.74) is 2.63. The first kappa shape index (κ1) is 25.0. The molecule has 160 valence electrons. The van der Waals surface area contributed by atoms with E-state index in [1.165, 1.54) is 43.2 Å². The van der Waals surface area contributed by atoms with Crippen LogP contribution in [0.1, 0.15) is 56.6 Å². The van der Waals surface area contributed by atoms with Gasteiger partial charge in [0.1, 0.15) is 5.75 Å². The Morgan fingerprint density at radius 2 is 1.96 bits per heavy atom. The van der Waals surface area contributed by atoms with Crippen LogP contribution in [-0.2, 0) is 6.42 Å². The highest BCUT2D eigenvalue weighted by Crippen LogP contribution is 2.39. The largest absolute Gasteiger partial charge is 0.496 e. The topological polar surface area (TPSA) is 65.9 Å². The number of ether oxygens (including phenoxy) is 1. The standard InChI is InChI=1S/C22H37N3O2.HI/c1-4-23-21(25-17-22(13-15-26)11-6-5-7-12-22)24-14-10-19-16-18(2)8-9-20(19)27-3;/h8-9,16,26H,4-7,10-15,17H2,1-3H3,(H2,23,24,25);1H. The van der Waals surface area contributed by atoms with Crippen LogP contribution in [0.3, 0.4) is 0 Å². The first-order chi connectivity index (χ1) is 13.1. The number of hydrogen-bond donors (Lipinski definition) is 3. The number of hydrogen-bond acceptors (Lipinski definition) is 3. The smallest absolute Gasteiger partial charge is 0.191 e. The van der Waals surface area contributed by atoms with E-state index in [1.807, 2.05) is 6.07 Å². The molecule has 0 aromatic heterocycles. The Kier molecular flexibility index (Phi) is 11.8. The summed E-state index contributed by atoms with van der Waals surface area (Å²) < 4.78 is 5.48.